The smallest absolute Gasteiger partial charge is 0.246 e. The van der Waals surface area contributed by atoms with Crippen LogP contribution in [-0.4, -0.2) is 47.8 Å². The van der Waals surface area contributed by atoms with Crippen molar-refractivity contribution in [3.8, 4) is 0 Å². The van der Waals surface area contributed by atoms with Gasteiger partial charge in [0.2, 0.25) is 11.8 Å². The number of fused-ring (bicyclic) bond motifs is 5. The predicted octanol–water partition coefficient (Wildman–Crippen LogP) is 5.67. The Labute approximate surface area is 196 Å². The second-order valence-electron chi connectivity index (χ2n) is 11.8. The largest absolute Gasteiger partial charge is 0.342 e. The van der Waals surface area contributed by atoms with Crippen molar-refractivity contribution < 1.29 is 9.59 Å². The highest BCUT2D eigenvalue weighted by atomic mass is 16.2. The summed E-state index contributed by atoms with van der Waals surface area (Å²) in [6.45, 7) is 11.2. The number of carbonyl (C=O) groups excluding carboxylic acids is 2. The fourth-order valence-electron chi connectivity index (χ4n) is 8.39. The molecule has 1 heterocycles. The molecule has 4 aliphatic rings. The molecule has 0 saturated heterocycles. The molecule has 32 heavy (non-hydrogen) atoms. The Bertz CT molecular complexity index is 740. The Kier molecular flexibility index (Phi) is 6.81. The highest BCUT2D eigenvalue weighted by Gasteiger charge is 2.61. The molecular weight excluding hydrogens is 396 g/mol. The van der Waals surface area contributed by atoms with E-state index in [1.165, 1.54) is 25.7 Å². The zero-order chi connectivity index (χ0) is 23.1. The van der Waals surface area contributed by atoms with Gasteiger partial charge >= 0.3 is 0 Å². The molecule has 3 saturated carbocycles. The third kappa shape index (κ3) is 3.74. The average Bonchev–Trinajstić information content (AvgIpc) is 3.13. The second-order valence-corrected chi connectivity index (χ2v) is 11.8. The molecule has 0 N–H and O–H groups in total. The van der Waals surface area contributed by atoms with Crippen molar-refractivity contribution in [1.29, 1.82) is 0 Å². The summed E-state index contributed by atoms with van der Waals surface area (Å²) in [5.41, 5.74) is 0.238. The van der Waals surface area contributed by atoms with Crippen LogP contribution in [0.4, 0.5) is 0 Å². The van der Waals surface area contributed by atoms with Gasteiger partial charge in [-0.1, -0.05) is 46.6 Å². The lowest BCUT2D eigenvalue weighted by molar-refractivity contribution is -0.147. The molecule has 0 spiro atoms. The Morgan fingerprint density at radius 2 is 1.72 bits per heavy atom. The third-order valence-corrected chi connectivity index (χ3v) is 10.3. The highest BCUT2D eigenvalue weighted by Crippen LogP contribution is 2.65. The quantitative estimate of drug-likeness (QED) is 0.509. The van der Waals surface area contributed by atoms with E-state index in [4.69, 9.17) is 0 Å². The van der Waals surface area contributed by atoms with Crippen molar-refractivity contribution in [2.24, 2.45) is 34.5 Å². The first-order chi connectivity index (χ1) is 15.3. The van der Waals surface area contributed by atoms with Crippen LogP contribution < -0.4 is 0 Å². The standard InChI is InChI=1S/C28H46N2O2/c1-6-8-18-30(19-9-7-2)26(32)23-12-11-21-20-10-13-24-28(4,17-15-25(31)29(24)5)22(20)14-16-27(21,23)3/h15,17,20-24H,6-14,16,18-19H2,1-5H3/t20-,21-,22-,23+,24+,27-,28+/m0/s1. The minimum Gasteiger partial charge on any atom is -0.342 e. The predicted molar refractivity (Wildman–Crippen MR) is 130 cm³/mol. The average molecular weight is 443 g/mol. The lowest BCUT2D eigenvalue weighted by Crippen LogP contribution is -2.60. The topological polar surface area (TPSA) is 40.6 Å². The molecule has 2 amide bonds. The summed E-state index contributed by atoms with van der Waals surface area (Å²) >= 11 is 0. The van der Waals surface area contributed by atoms with Crippen molar-refractivity contribution in [3.05, 3.63) is 12.2 Å². The molecule has 180 valence electrons. The fraction of sp³-hybridized carbons (Fsp3) is 0.857. The molecule has 0 radical (unpaired) electrons. The van der Waals surface area contributed by atoms with Gasteiger partial charge in [-0.25, -0.2) is 0 Å². The van der Waals surface area contributed by atoms with Crippen LogP contribution in [-0.2, 0) is 9.59 Å². The van der Waals surface area contributed by atoms with Gasteiger partial charge < -0.3 is 9.80 Å². The molecule has 4 rings (SSSR count). The number of carbonyl (C=O) groups is 2. The van der Waals surface area contributed by atoms with Gasteiger partial charge in [-0.3, -0.25) is 9.59 Å². The molecule has 0 unspecified atom stereocenters. The van der Waals surface area contributed by atoms with Gasteiger partial charge in [0.25, 0.3) is 0 Å². The zero-order valence-corrected chi connectivity index (χ0v) is 21.2. The van der Waals surface area contributed by atoms with Crippen molar-refractivity contribution in [3.63, 3.8) is 0 Å². The maximum Gasteiger partial charge on any atom is 0.246 e. The Hall–Kier alpha value is -1.32. The fourth-order valence-corrected chi connectivity index (χ4v) is 8.39. The summed E-state index contributed by atoms with van der Waals surface area (Å²) in [4.78, 5) is 30.4. The van der Waals surface area contributed by atoms with E-state index in [-0.39, 0.29) is 22.7 Å². The van der Waals surface area contributed by atoms with E-state index in [1.54, 1.807) is 0 Å². The lowest BCUT2D eigenvalue weighted by atomic mass is 9.47. The first-order valence-corrected chi connectivity index (χ1v) is 13.5. The molecule has 3 fully saturated rings. The van der Waals surface area contributed by atoms with Crippen LogP contribution in [0.2, 0.25) is 0 Å². The number of hydrogen-bond donors (Lipinski definition) is 0. The first-order valence-electron chi connectivity index (χ1n) is 13.5. The molecule has 4 nitrogen and oxygen atoms in total. The number of amides is 2. The maximum atomic E-state index is 13.8. The summed E-state index contributed by atoms with van der Waals surface area (Å²) in [6, 6.07) is 0.336. The van der Waals surface area contributed by atoms with Crippen LogP contribution in [0.15, 0.2) is 12.2 Å². The van der Waals surface area contributed by atoms with Crippen LogP contribution in [0.25, 0.3) is 0 Å². The molecule has 3 aliphatic carbocycles. The summed E-state index contributed by atoms with van der Waals surface area (Å²) in [5, 5.41) is 0. The summed E-state index contributed by atoms with van der Waals surface area (Å²) in [5.74, 6) is 2.81. The second kappa shape index (κ2) is 9.14. The molecule has 0 bridgehead atoms. The zero-order valence-electron chi connectivity index (χ0n) is 21.2. The Morgan fingerprint density at radius 3 is 2.38 bits per heavy atom. The summed E-state index contributed by atoms with van der Waals surface area (Å²) in [7, 11) is 1.99. The van der Waals surface area contributed by atoms with Gasteiger partial charge in [0.1, 0.15) is 0 Å². The van der Waals surface area contributed by atoms with Crippen molar-refractivity contribution in [2.75, 3.05) is 20.1 Å². The van der Waals surface area contributed by atoms with Crippen LogP contribution in [0, 0.1) is 34.5 Å². The van der Waals surface area contributed by atoms with Gasteiger partial charge in [0, 0.05) is 37.5 Å². The van der Waals surface area contributed by atoms with Crippen molar-refractivity contribution in [1.82, 2.24) is 9.80 Å². The van der Waals surface area contributed by atoms with E-state index in [9.17, 15) is 9.59 Å². The number of nitrogens with zero attached hydrogens (tertiary/aromatic N) is 2. The highest BCUT2D eigenvalue weighted by molar-refractivity contribution is 5.89. The number of likely N-dealkylation sites (N-methyl/N-ethyl adjacent to an activating group) is 1. The monoisotopic (exact) mass is 442 g/mol. The number of rotatable bonds is 7. The maximum absolute atomic E-state index is 13.8. The lowest BCUT2D eigenvalue weighted by Gasteiger charge is -2.60. The Balaban J connectivity index is 1.54. The van der Waals surface area contributed by atoms with E-state index < -0.39 is 0 Å². The molecule has 0 aromatic heterocycles. The molecular formula is C28H46N2O2. The molecule has 0 aromatic carbocycles. The van der Waals surface area contributed by atoms with E-state index in [0.717, 1.165) is 51.6 Å². The molecule has 4 heteroatoms. The normalized spacial score (nSPS) is 40.6. The van der Waals surface area contributed by atoms with Crippen LogP contribution in [0.1, 0.15) is 91.9 Å². The van der Waals surface area contributed by atoms with Crippen molar-refractivity contribution in [2.45, 2.75) is 97.9 Å². The molecule has 0 aromatic rings. The van der Waals surface area contributed by atoms with Crippen LogP contribution in [0.3, 0.4) is 0 Å². The minimum atomic E-state index is 0.0866. The number of unbranched alkanes of at least 4 members (excludes halogenated alkanes) is 2. The summed E-state index contributed by atoms with van der Waals surface area (Å²) in [6.07, 6.45) is 15.6. The first kappa shape index (κ1) is 23.8. The van der Waals surface area contributed by atoms with E-state index in [2.05, 4.69) is 38.7 Å². The van der Waals surface area contributed by atoms with E-state index in [1.807, 2.05) is 18.0 Å². The molecule has 1 aliphatic heterocycles. The molecule has 7 atom stereocenters. The Morgan fingerprint density at radius 1 is 1.03 bits per heavy atom. The van der Waals surface area contributed by atoms with Crippen LogP contribution in [0.5, 0.6) is 0 Å². The van der Waals surface area contributed by atoms with Crippen LogP contribution >= 0.6 is 0 Å². The van der Waals surface area contributed by atoms with Gasteiger partial charge in [0.15, 0.2) is 0 Å². The minimum absolute atomic E-state index is 0.0866. The number of hydrogen-bond acceptors (Lipinski definition) is 2. The van der Waals surface area contributed by atoms with Gasteiger partial charge in [0.05, 0.1) is 0 Å². The van der Waals surface area contributed by atoms with E-state index >= 15 is 0 Å². The van der Waals surface area contributed by atoms with E-state index in [0.29, 0.717) is 29.7 Å². The third-order valence-electron chi connectivity index (χ3n) is 10.3. The van der Waals surface area contributed by atoms with Crippen molar-refractivity contribution >= 4 is 11.8 Å². The van der Waals surface area contributed by atoms with Gasteiger partial charge in [-0.2, -0.15) is 0 Å². The van der Waals surface area contributed by atoms with Gasteiger partial charge in [-0.05, 0) is 80.6 Å². The van der Waals surface area contributed by atoms with Gasteiger partial charge in [-0.15, -0.1) is 0 Å². The SMILES string of the molecule is CCCCN(CCCC)C(=O)[C@H]1CC[C@H]2[C@@H]3CC[C@H]4N(C)C(=O)C=C[C@]4(C)[C@H]3CC[C@]12C. The summed E-state index contributed by atoms with van der Waals surface area (Å²) < 4.78 is 0.